The number of allylic oxidation sites excluding steroid dienone is 5. The van der Waals surface area contributed by atoms with Crippen LogP contribution in [-0.2, 0) is 9.47 Å². The van der Waals surface area contributed by atoms with E-state index in [0.29, 0.717) is 19.1 Å². The first-order valence-corrected chi connectivity index (χ1v) is 4.92. The van der Waals surface area contributed by atoms with E-state index in [9.17, 15) is 0 Å². The Labute approximate surface area is 85.9 Å². The van der Waals surface area contributed by atoms with Gasteiger partial charge in [0, 0.05) is 13.0 Å². The summed E-state index contributed by atoms with van der Waals surface area (Å²) in [5.41, 5.74) is 1.25. The molecule has 2 heteroatoms. The zero-order valence-corrected chi connectivity index (χ0v) is 9.12. The maximum Gasteiger partial charge on any atom is 0.111 e. The van der Waals surface area contributed by atoms with Crippen LogP contribution in [0.2, 0.25) is 0 Å². The number of hydrogen-bond donors (Lipinski definition) is 0. The Morgan fingerprint density at radius 1 is 1.29 bits per heavy atom. The molecule has 1 atom stereocenters. The predicted molar refractivity (Wildman–Crippen MR) is 58.0 cm³/mol. The average molecular weight is 194 g/mol. The lowest BCUT2D eigenvalue weighted by atomic mass is 10.1. The quantitative estimate of drug-likeness (QED) is 0.641. The molecular weight excluding hydrogens is 176 g/mol. The van der Waals surface area contributed by atoms with E-state index in [4.69, 9.17) is 9.47 Å². The van der Waals surface area contributed by atoms with Crippen molar-refractivity contribution < 1.29 is 9.47 Å². The third-order valence-electron chi connectivity index (χ3n) is 2.16. The summed E-state index contributed by atoms with van der Waals surface area (Å²) in [7, 11) is 1.68. The number of hydrogen-bond acceptors (Lipinski definition) is 2. The summed E-state index contributed by atoms with van der Waals surface area (Å²) in [6.45, 7) is 5.46. The molecule has 1 unspecified atom stereocenters. The number of ether oxygens (including phenoxy) is 2. The molecule has 1 rings (SSSR count). The van der Waals surface area contributed by atoms with Gasteiger partial charge in [-0.15, -0.1) is 0 Å². The highest BCUT2D eigenvalue weighted by Crippen LogP contribution is 2.18. The van der Waals surface area contributed by atoms with Crippen LogP contribution in [0.15, 0.2) is 35.6 Å². The maximum absolute atomic E-state index is 5.60. The van der Waals surface area contributed by atoms with Crippen LogP contribution in [0.1, 0.15) is 13.8 Å². The van der Waals surface area contributed by atoms with Gasteiger partial charge in [-0.05, 0) is 13.0 Å². The van der Waals surface area contributed by atoms with E-state index in [1.807, 2.05) is 6.08 Å². The SMILES string of the molecule is COCCOC1=CC=C(C)C=CC1C. The third kappa shape index (κ3) is 3.38. The smallest absolute Gasteiger partial charge is 0.111 e. The second kappa shape index (κ2) is 5.66. The van der Waals surface area contributed by atoms with Gasteiger partial charge in [-0.25, -0.2) is 0 Å². The summed E-state index contributed by atoms with van der Waals surface area (Å²) in [4.78, 5) is 0. The van der Waals surface area contributed by atoms with Gasteiger partial charge in [-0.2, -0.15) is 0 Å². The van der Waals surface area contributed by atoms with Gasteiger partial charge in [0.25, 0.3) is 0 Å². The molecule has 0 aromatic heterocycles. The Bertz CT molecular complexity index is 261. The van der Waals surface area contributed by atoms with E-state index in [2.05, 4.69) is 32.1 Å². The molecule has 0 bridgehead atoms. The van der Waals surface area contributed by atoms with Crippen LogP contribution >= 0.6 is 0 Å². The van der Waals surface area contributed by atoms with Crippen LogP contribution in [0.25, 0.3) is 0 Å². The highest BCUT2D eigenvalue weighted by molar-refractivity contribution is 5.29. The summed E-state index contributed by atoms with van der Waals surface area (Å²) >= 11 is 0. The summed E-state index contributed by atoms with van der Waals surface area (Å²) in [5.74, 6) is 1.36. The molecule has 0 aliphatic heterocycles. The van der Waals surface area contributed by atoms with Gasteiger partial charge in [-0.3, -0.25) is 0 Å². The fourth-order valence-electron chi connectivity index (χ4n) is 1.23. The Kier molecular flexibility index (Phi) is 4.47. The van der Waals surface area contributed by atoms with Gasteiger partial charge in [0.2, 0.25) is 0 Å². The summed E-state index contributed by atoms with van der Waals surface area (Å²) in [6.07, 6.45) is 8.38. The van der Waals surface area contributed by atoms with Crippen LogP contribution in [0.5, 0.6) is 0 Å². The van der Waals surface area contributed by atoms with Gasteiger partial charge >= 0.3 is 0 Å². The Balaban J connectivity index is 2.53. The number of rotatable bonds is 4. The van der Waals surface area contributed by atoms with Crippen LogP contribution < -0.4 is 0 Å². The predicted octanol–water partition coefficient (Wildman–Crippen LogP) is 2.69. The lowest BCUT2D eigenvalue weighted by Gasteiger charge is -2.12. The molecule has 0 fully saturated rings. The molecule has 78 valence electrons. The van der Waals surface area contributed by atoms with Crippen molar-refractivity contribution in [3.63, 3.8) is 0 Å². The van der Waals surface area contributed by atoms with Crippen LogP contribution in [0, 0.1) is 5.92 Å². The highest BCUT2D eigenvalue weighted by atomic mass is 16.5. The lowest BCUT2D eigenvalue weighted by molar-refractivity contribution is 0.102. The molecule has 1 aliphatic rings. The van der Waals surface area contributed by atoms with Gasteiger partial charge < -0.3 is 9.47 Å². The van der Waals surface area contributed by atoms with Crippen molar-refractivity contribution in [2.75, 3.05) is 20.3 Å². The lowest BCUT2D eigenvalue weighted by Crippen LogP contribution is -2.06. The minimum atomic E-state index is 0.348. The molecule has 0 radical (unpaired) electrons. The molecule has 0 N–H and O–H groups in total. The van der Waals surface area contributed by atoms with E-state index in [1.165, 1.54) is 5.57 Å². The molecule has 2 nitrogen and oxygen atoms in total. The third-order valence-corrected chi connectivity index (χ3v) is 2.16. The van der Waals surface area contributed by atoms with Gasteiger partial charge in [0.05, 0.1) is 6.61 Å². The largest absolute Gasteiger partial charge is 0.495 e. The van der Waals surface area contributed by atoms with E-state index in [1.54, 1.807) is 7.11 Å². The first kappa shape index (κ1) is 11.1. The zero-order valence-electron chi connectivity index (χ0n) is 9.12. The van der Waals surface area contributed by atoms with Crippen LogP contribution in [0.4, 0.5) is 0 Å². The molecular formula is C12H18O2. The minimum absolute atomic E-state index is 0.348. The van der Waals surface area contributed by atoms with Crippen molar-refractivity contribution in [3.05, 3.63) is 35.6 Å². The summed E-state index contributed by atoms with van der Waals surface area (Å²) in [6, 6.07) is 0. The monoisotopic (exact) mass is 194 g/mol. The molecule has 1 aliphatic carbocycles. The van der Waals surface area contributed by atoms with Crippen LogP contribution in [0.3, 0.4) is 0 Å². The fourth-order valence-corrected chi connectivity index (χ4v) is 1.23. The first-order valence-electron chi connectivity index (χ1n) is 4.92. The highest BCUT2D eigenvalue weighted by Gasteiger charge is 2.07. The first-order chi connectivity index (χ1) is 6.74. The van der Waals surface area contributed by atoms with Crippen molar-refractivity contribution in [2.45, 2.75) is 13.8 Å². The normalized spacial score (nSPS) is 21.2. The maximum atomic E-state index is 5.60. The summed E-state index contributed by atoms with van der Waals surface area (Å²) < 4.78 is 10.5. The van der Waals surface area contributed by atoms with Crippen molar-refractivity contribution in [2.24, 2.45) is 5.92 Å². The molecule has 0 aromatic rings. The van der Waals surface area contributed by atoms with Gasteiger partial charge in [0.1, 0.15) is 12.4 Å². The molecule has 0 spiro atoms. The topological polar surface area (TPSA) is 18.5 Å². The minimum Gasteiger partial charge on any atom is -0.495 e. The second-order valence-corrected chi connectivity index (χ2v) is 3.47. The molecule has 0 aromatic carbocycles. The summed E-state index contributed by atoms with van der Waals surface area (Å²) in [5, 5.41) is 0. The molecule has 0 saturated carbocycles. The second-order valence-electron chi connectivity index (χ2n) is 3.47. The van der Waals surface area contributed by atoms with Crippen LogP contribution in [-0.4, -0.2) is 20.3 Å². The van der Waals surface area contributed by atoms with E-state index in [-0.39, 0.29) is 0 Å². The molecule has 0 saturated heterocycles. The Hall–Kier alpha value is -1.02. The van der Waals surface area contributed by atoms with E-state index >= 15 is 0 Å². The van der Waals surface area contributed by atoms with Crippen molar-refractivity contribution in [1.82, 2.24) is 0 Å². The fraction of sp³-hybridized carbons (Fsp3) is 0.500. The average Bonchev–Trinajstić information content (AvgIpc) is 2.33. The van der Waals surface area contributed by atoms with E-state index < -0.39 is 0 Å². The molecule has 14 heavy (non-hydrogen) atoms. The molecule has 0 amide bonds. The number of methoxy groups -OCH3 is 1. The molecule has 0 heterocycles. The van der Waals surface area contributed by atoms with E-state index in [0.717, 1.165) is 5.76 Å². The van der Waals surface area contributed by atoms with Gasteiger partial charge in [0.15, 0.2) is 0 Å². The standard InChI is InChI=1S/C12H18O2/c1-10-4-6-11(2)12(7-5-10)14-9-8-13-3/h4-7,11H,8-9H2,1-3H3. The van der Waals surface area contributed by atoms with Crippen molar-refractivity contribution >= 4 is 0 Å². The Morgan fingerprint density at radius 2 is 2.07 bits per heavy atom. The Morgan fingerprint density at radius 3 is 2.79 bits per heavy atom. The van der Waals surface area contributed by atoms with Crippen molar-refractivity contribution in [3.8, 4) is 0 Å². The van der Waals surface area contributed by atoms with Crippen molar-refractivity contribution in [1.29, 1.82) is 0 Å². The zero-order chi connectivity index (χ0) is 10.4. The van der Waals surface area contributed by atoms with Gasteiger partial charge in [-0.1, -0.05) is 30.7 Å².